The van der Waals surface area contributed by atoms with E-state index in [0.29, 0.717) is 12.5 Å². The maximum absolute atomic E-state index is 12.2. The second-order valence-electron chi connectivity index (χ2n) is 5.95. The number of fused-ring (bicyclic) bond motifs is 1. The Morgan fingerprint density at radius 1 is 1.39 bits per heavy atom. The van der Waals surface area contributed by atoms with Gasteiger partial charge in [0.25, 0.3) is 0 Å². The number of carboxylic acid groups (broad SMARTS) is 1. The number of hydrogen-bond donors (Lipinski definition) is 1. The Morgan fingerprint density at radius 2 is 2.09 bits per heavy atom. The van der Waals surface area contributed by atoms with Crippen molar-refractivity contribution in [3.63, 3.8) is 0 Å². The van der Waals surface area contributed by atoms with Crippen LogP contribution < -0.4 is 4.90 Å². The molecule has 9 heteroatoms. The van der Waals surface area contributed by atoms with E-state index >= 15 is 0 Å². The minimum Gasteiger partial charge on any atom is -0.481 e. The highest BCUT2D eigenvalue weighted by molar-refractivity contribution is 7.89. The fourth-order valence-corrected chi connectivity index (χ4v) is 4.74. The number of carbonyl (C=O) groups is 1. The van der Waals surface area contributed by atoms with Crippen molar-refractivity contribution in [2.45, 2.75) is 0 Å². The largest absolute Gasteiger partial charge is 0.481 e. The molecule has 0 saturated carbocycles. The third kappa shape index (κ3) is 2.59. The Labute approximate surface area is 134 Å². The van der Waals surface area contributed by atoms with Gasteiger partial charge in [-0.15, -0.1) is 6.58 Å². The molecule has 1 aromatic heterocycles. The SMILES string of the molecule is C=CCS(=O)(=O)N1C[C@@H]2CN(c3ncccn3)C[C@]2(C(=O)O)C1. The molecule has 0 aliphatic carbocycles. The zero-order valence-corrected chi connectivity index (χ0v) is 13.3. The highest BCUT2D eigenvalue weighted by atomic mass is 32.2. The number of aliphatic carboxylic acids is 1. The first kappa shape index (κ1) is 15.9. The molecule has 0 spiro atoms. The quantitative estimate of drug-likeness (QED) is 0.742. The molecule has 1 aromatic rings. The summed E-state index contributed by atoms with van der Waals surface area (Å²) in [6.45, 7) is 4.26. The molecule has 3 heterocycles. The summed E-state index contributed by atoms with van der Waals surface area (Å²) in [4.78, 5) is 22.0. The summed E-state index contributed by atoms with van der Waals surface area (Å²) in [5.74, 6) is -0.968. The molecule has 0 aromatic carbocycles. The Balaban J connectivity index is 1.86. The van der Waals surface area contributed by atoms with Gasteiger partial charge in [-0.05, 0) is 6.07 Å². The third-order valence-corrected chi connectivity index (χ3v) is 6.28. The first-order chi connectivity index (χ1) is 10.9. The number of carboxylic acids is 1. The average molecular weight is 338 g/mol. The number of aromatic nitrogens is 2. The van der Waals surface area contributed by atoms with E-state index in [-0.39, 0.29) is 31.3 Å². The molecule has 124 valence electrons. The third-order valence-electron chi connectivity index (χ3n) is 4.56. The maximum atomic E-state index is 12.2. The van der Waals surface area contributed by atoms with Gasteiger partial charge in [0, 0.05) is 44.5 Å². The summed E-state index contributed by atoms with van der Waals surface area (Å²) in [5.41, 5.74) is -1.12. The minimum atomic E-state index is -3.50. The lowest BCUT2D eigenvalue weighted by Crippen LogP contribution is -2.42. The molecule has 23 heavy (non-hydrogen) atoms. The fraction of sp³-hybridized carbons (Fsp3) is 0.500. The number of nitrogens with zero attached hydrogens (tertiary/aromatic N) is 4. The molecule has 8 nitrogen and oxygen atoms in total. The predicted octanol–water partition coefficient (Wildman–Crippen LogP) is -0.185. The standard InChI is InChI=1S/C14H18N4O4S/c1-2-6-23(21,22)18-8-11-7-17(13-15-4-3-5-16-13)9-14(11,10-18)12(19)20/h2-5,11H,1,6-10H2,(H,19,20)/t11-,14-/m0/s1. The van der Waals surface area contributed by atoms with E-state index in [0.717, 1.165) is 0 Å². The fourth-order valence-electron chi connectivity index (χ4n) is 3.39. The number of sulfonamides is 1. The van der Waals surface area contributed by atoms with Gasteiger partial charge in [0.05, 0.1) is 5.75 Å². The lowest BCUT2D eigenvalue weighted by Gasteiger charge is -2.25. The Kier molecular flexibility index (Phi) is 3.85. The molecule has 2 atom stereocenters. The van der Waals surface area contributed by atoms with Crippen LogP contribution in [-0.4, -0.2) is 65.7 Å². The van der Waals surface area contributed by atoms with Crippen molar-refractivity contribution in [2.24, 2.45) is 11.3 Å². The van der Waals surface area contributed by atoms with Gasteiger partial charge in [-0.25, -0.2) is 22.7 Å². The normalized spacial score (nSPS) is 27.8. The van der Waals surface area contributed by atoms with Crippen LogP contribution >= 0.6 is 0 Å². The molecule has 0 unspecified atom stereocenters. The van der Waals surface area contributed by atoms with Crippen molar-refractivity contribution in [3.8, 4) is 0 Å². The van der Waals surface area contributed by atoms with E-state index in [9.17, 15) is 18.3 Å². The molecular weight excluding hydrogens is 320 g/mol. The molecule has 2 aliphatic heterocycles. The van der Waals surface area contributed by atoms with Gasteiger partial charge in [-0.1, -0.05) is 6.08 Å². The van der Waals surface area contributed by atoms with Gasteiger partial charge < -0.3 is 10.0 Å². The average Bonchev–Trinajstić information content (AvgIpc) is 3.03. The molecule has 2 saturated heterocycles. The minimum absolute atomic E-state index is 0.0213. The lowest BCUT2D eigenvalue weighted by molar-refractivity contribution is -0.148. The predicted molar refractivity (Wildman–Crippen MR) is 83.4 cm³/mol. The Hall–Kier alpha value is -2.00. The van der Waals surface area contributed by atoms with Crippen molar-refractivity contribution in [2.75, 3.05) is 36.8 Å². The van der Waals surface area contributed by atoms with Crippen LogP contribution in [0, 0.1) is 11.3 Å². The van der Waals surface area contributed by atoms with Crippen molar-refractivity contribution in [1.29, 1.82) is 0 Å². The van der Waals surface area contributed by atoms with E-state index in [4.69, 9.17) is 0 Å². The van der Waals surface area contributed by atoms with Crippen LogP contribution in [0.2, 0.25) is 0 Å². The van der Waals surface area contributed by atoms with Crippen LogP contribution in [-0.2, 0) is 14.8 Å². The highest BCUT2D eigenvalue weighted by Gasteiger charge is 2.59. The molecule has 0 amide bonds. The monoisotopic (exact) mass is 338 g/mol. The molecule has 0 radical (unpaired) electrons. The van der Waals surface area contributed by atoms with E-state index in [1.807, 2.05) is 4.90 Å². The van der Waals surface area contributed by atoms with Crippen LogP contribution in [0.5, 0.6) is 0 Å². The summed E-state index contributed by atoms with van der Waals surface area (Å²) in [7, 11) is -3.50. The summed E-state index contributed by atoms with van der Waals surface area (Å²) < 4.78 is 25.7. The van der Waals surface area contributed by atoms with Gasteiger partial charge in [-0.3, -0.25) is 4.79 Å². The highest BCUT2D eigenvalue weighted by Crippen LogP contribution is 2.44. The number of anilines is 1. The second kappa shape index (κ2) is 5.57. The van der Waals surface area contributed by atoms with Crippen LogP contribution in [0.15, 0.2) is 31.1 Å². The first-order valence-electron chi connectivity index (χ1n) is 7.23. The van der Waals surface area contributed by atoms with Crippen LogP contribution in [0.4, 0.5) is 5.95 Å². The molecule has 1 N–H and O–H groups in total. The van der Waals surface area contributed by atoms with Crippen molar-refractivity contribution in [1.82, 2.24) is 14.3 Å². The van der Waals surface area contributed by atoms with Crippen LogP contribution in [0.25, 0.3) is 0 Å². The summed E-state index contributed by atoms with van der Waals surface area (Å²) >= 11 is 0. The molecule has 0 bridgehead atoms. The number of rotatable bonds is 5. The smallest absolute Gasteiger partial charge is 0.313 e. The van der Waals surface area contributed by atoms with Gasteiger partial charge >= 0.3 is 5.97 Å². The molecule has 2 fully saturated rings. The van der Waals surface area contributed by atoms with E-state index in [1.165, 1.54) is 10.4 Å². The number of hydrogen-bond acceptors (Lipinski definition) is 6. The van der Waals surface area contributed by atoms with Crippen molar-refractivity contribution >= 4 is 21.9 Å². The summed E-state index contributed by atoms with van der Waals surface area (Å²) in [6.07, 6.45) is 4.52. The van der Waals surface area contributed by atoms with Gasteiger partial charge in [-0.2, -0.15) is 0 Å². The zero-order chi connectivity index (χ0) is 16.7. The van der Waals surface area contributed by atoms with Crippen LogP contribution in [0.1, 0.15) is 0 Å². The van der Waals surface area contributed by atoms with Crippen molar-refractivity contribution in [3.05, 3.63) is 31.1 Å². The van der Waals surface area contributed by atoms with E-state index in [2.05, 4.69) is 16.5 Å². The van der Waals surface area contributed by atoms with Gasteiger partial charge in [0.2, 0.25) is 16.0 Å². The van der Waals surface area contributed by atoms with Gasteiger partial charge in [0.15, 0.2) is 0 Å². The Morgan fingerprint density at radius 3 is 2.65 bits per heavy atom. The van der Waals surface area contributed by atoms with E-state index < -0.39 is 21.4 Å². The zero-order valence-electron chi connectivity index (χ0n) is 12.5. The molecule has 3 rings (SSSR count). The topological polar surface area (TPSA) is 104 Å². The summed E-state index contributed by atoms with van der Waals surface area (Å²) in [6, 6.07) is 1.69. The van der Waals surface area contributed by atoms with E-state index in [1.54, 1.807) is 18.5 Å². The molecular formula is C14H18N4O4S. The summed E-state index contributed by atoms with van der Waals surface area (Å²) in [5, 5.41) is 9.74. The first-order valence-corrected chi connectivity index (χ1v) is 8.84. The Bertz CT molecular complexity index is 724. The van der Waals surface area contributed by atoms with Crippen molar-refractivity contribution < 1.29 is 18.3 Å². The maximum Gasteiger partial charge on any atom is 0.313 e. The van der Waals surface area contributed by atoms with Gasteiger partial charge in [0.1, 0.15) is 5.41 Å². The van der Waals surface area contributed by atoms with Crippen LogP contribution in [0.3, 0.4) is 0 Å². The molecule has 2 aliphatic rings. The second-order valence-corrected chi connectivity index (χ2v) is 7.96. The lowest BCUT2D eigenvalue weighted by atomic mass is 9.81.